The lowest BCUT2D eigenvalue weighted by atomic mass is 10.1. The first kappa shape index (κ1) is 30.2. The predicted octanol–water partition coefficient (Wildman–Crippen LogP) is 13.1. The fourth-order valence-corrected chi connectivity index (χ4v) is 8.84. The summed E-state index contributed by atoms with van der Waals surface area (Å²) >= 11 is 3.58. The second kappa shape index (κ2) is 12.0. The summed E-state index contributed by atoms with van der Waals surface area (Å²) < 4.78 is 7.20. The summed E-state index contributed by atoms with van der Waals surface area (Å²) in [7, 11) is 0. The highest BCUT2D eigenvalue weighted by molar-refractivity contribution is 7.98. The number of fused-ring (bicyclic) bond motifs is 9. The highest BCUT2D eigenvalue weighted by Gasteiger charge is 2.17. The molecule has 5 heteroatoms. The molecule has 3 aromatic heterocycles. The van der Waals surface area contributed by atoms with E-state index in [-0.39, 0.29) is 0 Å². The van der Waals surface area contributed by atoms with Crippen molar-refractivity contribution in [1.29, 1.82) is 0 Å². The van der Waals surface area contributed by atoms with Gasteiger partial charge in [-0.1, -0.05) is 72.8 Å². The highest BCUT2D eigenvalue weighted by atomic mass is 32.2. The minimum absolute atomic E-state index is 1.13. The molecule has 0 unspecified atom stereocenters. The van der Waals surface area contributed by atoms with E-state index in [0.717, 1.165) is 16.9 Å². The van der Waals surface area contributed by atoms with Crippen LogP contribution in [0.5, 0.6) is 0 Å². The Morgan fingerprint density at radius 1 is 0.392 bits per heavy atom. The van der Waals surface area contributed by atoms with E-state index in [1.807, 2.05) is 0 Å². The number of aromatic nitrogens is 3. The molecule has 0 saturated carbocycles. The van der Waals surface area contributed by atoms with E-state index in [4.69, 9.17) is 0 Å². The van der Waals surface area contributed by atoms with Gasteiger partial charge in [-0.25, -0.2) is 0 Å². The van der Waals surface area contributed by atoms with Crippen molar-refractivity contribution in [2.75, 3.05) is 12.5 Å². The molecule has 0 spiro atoms. The summed E-state index contributed by atoms with van der Waals surface area (Å²) in [6, 6.07) is 55.7. The average molecular weight is 692 g/mol. The van der Waals surface area contributed by atoms with Gasteiger partial charge >= 0.3 is 0 Å². The molecule has 0 N–H and O–H groups in total. The van der Waals surface area contributed by atoms with Gasteiger partial charge in [-0.3, -0.25) is 0 Å². The van der Waals surface area contributed by atoms with Crippen LogP contribution in [0.3, 0.4) is 0 Å². The molecule has 0 atom stereocenters. The van der Waals surface area contributed by atoms with Gasteiger partial charge in [-0.2, -0.15) is 0 Å². The van der Waals surface area contributed by atoms with Crippen molar-refractivity contribution in [3.63, 3.8) is 0 Å². The van der Waals surface area contributed by atoms with Gasteiger partial charge in [0.05, 0.1) is 33.1 Å². The molecule has 244 valence electrons. The Balaban J connectivity index is 1.25. The van der Waals surface area contributed by atoms with Crippen LogP contribution < -0.4 is 0 Å². The van der Waals surface area contributed by atoms with E-state index >= 15 is 0 Å². The fraction of sp³-hybridized carbons (Fsp3) is 0.0435. The quantitative estimate of drug-likeness (QED) is 0.161. The van der Waals surface area contributed by atoms with Gasteiger partial charge in [0, 0.05) is 59.7 Å². The van der Waals surface area contributed by atoms with Crippen molar-refractivity contribution in [2.24, 2.45) is 0 Å². The van der Waals surface area contributed by atoms with Crippen LogP contribution in [-0.2, 0) is 0 Å². The number of benzene rings is 7. The van der Waals surface area contributed by atoms with Crippen LogP contribution in [0, 0.1) is 0 Å². The molecule has 3 nitrogen and oxygen atoms in total. The molecule has 0 aliphatic carbocycles. The van der Waals surface area contributed by atoms with Crippen LogP contribution in [-0.4, -0.2) is 26.2 Å². The lowest BCUT2D eigenvalue weighted by molar-refractivity contribution is 1.13. The van der Waals surface area contributed by atoms with Crippen molar-refractivity contribution in [3.05, 3.63) is 157 Å². The van der Waals surface area contributed by atoms with Crippen molar-refractivity contribution in [2.45, 2.75) is 9.79 Å². The van der Waals surface area contributed by atoms with Gasteiger partial charge < -0.3 is 13.7 Å². The summed E-state index contributed by atoms with van der Waals surface area (Å²) in [5.74, 6) is 0. The number of hydrogen-bond donors (Lipinski definition) is 0. The van der Waals surface area contributed by atoms with E-state index in [1.165, 1.54) is 75.2 Å². The number of para-hydroxylation sites is 4. The van der Waals surface area contributed by atoms with Crippen LogP contribution >= 0.6 is 23.5 Å². The Bertz CT molecular complexity index is 2710. The molecule has 7 aromatic carbocycles. The zero-order chi connectivity index (χ0) is 34.1. The van der Waals surface area contributed by atoms with Crippen LogP contribution in [0.4, 0.5) is 0 Å². The van der Waals surface area contributed by atoms with Crippen LogP contribution in [0.2, 0.25) is 0 Å². The molecule has 0 radical (unpaired) electrons. The first-order chi connectivity index (χ1) is 25.2. The number of nitrogens with zero attached hydrogens (tertiary/aromatic N) is 3. The topological polar surface area (TPSA) is 14.8 Å². The maximum Gasteiger partial charge on any atom is 0.0541 e. The summed E-state index contributed by atoms with van der Waals surface area (Å²) in [4.78, 5) is 2.55. The van der Waals surface area contributed by atoms with Crippen LogP contribution in [0.1, 0.15) is 5.56 Å². The fourth-order valence-electron chi connectivity index (χ4n) is 7.96. The molecule has 10 rings (SSSR count). The normalized spacial score (nSPS) is 12.2. The molecule has 10 aromatic rings. The zero-order valence-electron chi connectivity index (χ0n) is 28.2. The third-order valence-corrected chi connectivity index (χ3v) is 11.7. The summed E-state index contributed by atoms with van der Waals surface area (Å²) in [5.41, 5.74) is 10.6. The standard InChI is InChI=1S/C46H33N3S2/c1-50-33-19-21-41-39(28-33)40-29-34(51-2)20-22-42(40)47(41)24-23-30-25-31(48-43-15-7-3-11-35(43)36-12-4-8-16-44(36)48)27-32(26-30)49-45-17-9-5-13-37(45)38-14-6-10-18-46(38)49/h3-29H,1-2H3/b24-23+. The van der Waals surface area contributed by atoms with E-state index < -0.39 is 0 Å². The Morgan fingerprint density at radius 2 is 0.784 bits per heavy atom. The second-order valence-electron chi connectivity index (χ2n) is 13.0. The van der Waals surface area contributed by atoms with Crippen molar-refractivity contribution in [1.82, 2.24) is 13.7 Å². The van der Waals surface area contributed by atoms with Gasteiger partial charge in [0.25, 0.3) is 0 Å². The Labute approximate surface area is 304 Å². The molecule has 51 heavy (non-hydrogen) atoms. The smallest absolute Gasteiger partial charge is 0.0541 e. The summed E-state index contributed by atoms with van der Waals surface area (Å²) in [6.45, 7) is 0. The molecule has 0 aliphatic rings. The minimum atomic E-state index is 1.13. The number of thioether (sulfide) groups is 2. The van der Waals surface area contributed by atoms with Crippen molar-refractivity contribution < 1.29 is 0 Å². The van der Waals surface area contributed by atoms with E-state index in [0.29, 0.717) is 0 Å². The van der Waals surface area contributed by atoms with E-state index in [9.17, 15) is 0 Å². The van der Waals surface area contributed by atoms with Gasteiger partial charge in [0.2, 0.25) is 0 Å². The SMILES string of the molecule is CSc1ccc2c(c1)c1cc(SC)ccc1n2/C=C/c1cc(-n2c3ccccc3c3ccccc32)cc(-n2c3ccccc3c3ccccc32)c1. The first-order valence-electron chi connectivity index (χ1n) is 17.2. The molecule has 0 amide bonds. The van der Waals surface area contributed by atoms with Gasteiger partial charge in [-0.15, -0.1) is 23.5 Å². The summed E-state index contributed by atoms with van der Waals surface area (Å²) in [5, 5.41) is 7.59. The van der Waals surface area contributed by atoms with E-state index in [2.05, 4.69) is 190 Å². The lowest BCUT2D eigenvalue weighted by Gasteiger charge is -2.15. The molecule has 0 aliphatic heterocycles. The Kier molecular flexibility index (Phi) is 7.12. The number of rotatable bonds is 6. The maximum absolute atomic E-state index is 2.42. The molecule has 0 fully saturated rings. The molecular formula is C46H33N3S2. The molecule has 0 bridgehead atoms. The minimum Gasteiger partial charge on any atom is -0.316 e. The Morgan fingerprint density at radius 3 is 1.18 bits per heavy atom. The third-order valence-electron chi connectivity index (χ3n) is 10.2. The van der Waals surface area contributed by atoms with E-state index in [1.54, 1.807) is 23.5 Å². The van der Waals surface area contributed by atoms with Gasteiger partial charge in [0.1, 0.15) is 0 Å². The zero-order valence-corrected chi connectivity index (χ0v) is 29.9. The van der Waals surface area contributed by atoms with Crippen molar-refractivity contribution >= 4 is 101 Å². The maximum atomic E-state index is 2.42. The van der Waals surface area contributed by atoms with Gasteiger partial charge in [-0.05, 0) is 103 Å². The average Bonchev–Trinajstić information content (AvgIpc) is 3.82. The molecular weight excluding hydrogens is 659 g/mol. The van der Waals surface area contributed by atoms with Crippen LogP contribution in [0.25, 0.3) is 89.1 Å². The number of hydrogen-bond acceptors (Lipinski definition) is 2. The highest BCUT2D eigenvalue weighted by Crippen LogP contribution is 2.38. The van der Waals surface area contributed by atoms with Crippen molar-refractivity contribution in [3.8, 4) is 11.4 Å². The monoisotopic (exact) mass is 691 g/mol. The third kappa shape index (κ3) is 4.76. The largest absolute Gasteiger partial charge is 0.316 e. The van der Waals surface area contributed by atoms with Gasteiger partial charge in [0.15, 0.2) is 0 Å². The first-order valence-corrected chi connectivity index (χ1v) is 19.6. The molecule has 0 saturated heterocycles. The second-order valence-corrected chi connectivity index (χ2v) is 14.7. The Hall–Kier alpha value is -5.62. The lowest BCUT2D eigenvalue weighted by Crippen LogP contribution is -2.00. The van der Waals surface area contributed by atoms with Crippen LogP contribution in [0.15, 0.2) is 161 Å². The predicted molar refractivity (Wildman–Crippen MR) is 223 cm³/mol. The molecule has 3 heterocycles. The summed E-state index contributed by atoms with van der Waals surface area (Å²) in [6.07, 6.45) is 8.82.